The highest BCUT2D eigenvalue weighted by Crippen LogP contribution is 2.45. The minimum Gasteiger partial charge on any atom is -0.276 e. The molecule has 1 aliphatic heterocycles. The molecule has 0 saturated heterocycles. The fourth-order valence-electron chi connectivity index (χ4n) is 3.77. The van der Waals surface area contributed by atoms with Gasteiger partial charge in [-0.25, -0.2) is 5.84 Å². The first-order valence-corrected chi connectivity index (χ1v) is 9.88. The molecule has 0 unspecified atom stereocenters. The summed E-state index contributed by atoms with van der Waals surface area (Å²) in [4.78, 5) is 27.0. The molecule has 3 rings (SSSR count). The van der Waals surface area contributed by atoms with Gasteiger partial charge in [-0.05, 0) is 62.6 Å². The maximum atomic E-state index is 13.5. The number of hydrogen-bond donors (Lipinski definition) is 1. The highest BCUT2D eigenvalue weighted by atomic mass is 19.4. The first-order chi connectivity index (χ1) is 14.5. The average molecular weight is 431 g/mol. The maximum Gasteiger partial charge on any atom is 0.416 e. The zero-order chi connectivity index (χ0) is 23.1. The second-order valence-corrected chi connectivity index (χ2v) is 7.69. The highest BCUT2D eigenvalue weighted by molar-refractivity contribution is 6.35. The fraction of sp³-hybridized carbons (Fsp3) is 0.304. The molecule has 5 nitrogen and oxygen atoms in total. The predicted octanol–water partition coefficient (Wildman–Crippen LogP) is 5.23. The summed E-state index contributed by atoms with van der Waals surface area (Å²) in [5.74, 6) is 5.05. The van der Waals surface area contributed by atoms with Crippen LogP contribution < -0.4 is 10.7 Å². The largest absolute Gasteiger partial charge is 0.416 e. The average Bonchev–Trinajstić information content (AvgIpc) is 2.96. The van der Waals surface area contributed by atoms with Crippen molar-refractivity contribution in [2.45, 2.75) is 46.7 Å². The van der Waals surface area contributed by atoms with E-state index in [9.17, 15) is 22.8 Å². The Morgan fingerprint density at radius 3 is 2.26 bits per heavy atom. The molecule has 0 radical (unpaired) electrons. The Morgan fingerprint density at radius 1 is 1.10 bits per heavy atom. The van der Waals surface area contributed by atoms with Gasteiger partial charge in [-0.15, -0.1) is 0 Å². The minimum atomic E-state index is -4.56. The minimum absolute atomic E-state index is 0.106. The van der Waals surface area contributed by atoms with Crippen molar-refractivity contribution in [2.75, 3.05) is 4.90 Å². The van der Waals surface area contributed by atoms with Crippen molar-refractivity contribution >= 4 is 28.8 Å². The van der Waals surface area contributed by atoms with Gasteiger partial charge in [0.15, 0.2) is 0 Å². The third-order valence-corrected chi connectivity index (χ3v) is 5.17. The monoisotopic (exact) mass is 431 g/mol. The summed E-state index contributed by atoms with van der Waals surface area (Å²) in [5, 5.41) is 0.906. The Hall–Kier alpha value is -3.13. The summed E-state index contributed by atoms with van der Waals surface area (Å²) in [6.07, 6.45) is -3.80. The summed E-state index contributed by atoms with van der Waals surface area (Å²) < 4.78 is 40.2. The van der Waals surface area contributed by atoms with Crippen LogP contribution in [0, 0.1) is 13.8 Å². The summed E-state index contributed by atoms with van der Waals surface area (Å²) in [6, 6.07) is 8.52. The summed E-state index contributed by atoms with van der Waals surface area (Å²) in [7, 11) is 0. The van der Waals surface area contributed by atoms with E-state index < -0.39 is 17.6 Å². The van der Waals surface area contributed by atoms with Crippen molar-refractivity contribution in [3.8, 4) is 0 Å². The number of benzene rings is 2. The van der Waals surface area contributed by atoms with Crippen LogP contribution >= 0.6 is 0 Å². The number of nitrogens with zero attached hydrogens (tertiary/aromatic N) is 2. The number of allylic oxidation sites excluding steroid dienone is 1. The second-order valence-electron chi connectivity index (χ2n) is 7.69. The summed E-state index contributed by atoms with van der Waals surface area (Å²) in [6.45, 7) is 7.03. The number of fused-ring (bicyclic) bond motifs is 1. The topological polar surface area (TPSA) is 66.6 Å². The van der Waals surface area contributed by atoms with Crippen molar-refractivity contribution in [3.05, 3.63) is 64.3 Å². The predicted molar refractivity (Wildman–Crippen MR) is 113 cm³/mol. The first kappa shape index (κ1) is 22.6. The summed E-state index contributed by atoms with van der Waals surface area (Å²) in [5.41, 5.74) is 2.03. The van der Waals surface area contributed by atoms with Gasteiger partial charge in [-0.1, -0.05) is 19.1 Å². The lowest BCUT2D eigenvalue weighted by molar-refractivity contribution is -0.137. The molecule has 0 saturated carbocycles. The Kier molecular flexibility index (Phi) is 5.96. The molecule has 164 valence electrons. The number of amides is 2. The van der Waals surface area contributed by atoms with Crippen LogP contribution in [0.5, 0.6) is 0 Å². The Morgan fingerprint density at radius 2 is 1.71 bits per heavy atom. The van der Waals surface area contributed by atoms with Gasteiger partial charge in [0.2, 0.25) is 5.91 Å². The number of carbonyl (C=O) groups is 2. The van der Waals surface area contributed by atoms with Crippen molar-refractivity contribution in [3.63, 3.8) is 0 Å². The maximum absolute atomic E-state index is 13.5. The van der Waals surface area contributed by atoms with E-state index in [1.54, 1.807) is 12.1 Å². The quantitative estimate of drug-likeness (QED) is 0.312. The van der Waals surface area contributed by atoms with Gasteiger partial charge in [0, 0.05) is 23.4 Å². The van der Waals surface area contributed by atoms with Gasteiger partial charge in [0.1, 0.15) is 0 Å². The van der Waals surface area contributed by atoms with E-state index in [-0.39, 0.29) is 29.3 Å². The third kappa shape index (κ3) is 4.20. The number of anilines is 2. The molecule has 0 fully saturated rings. The Bertz CT molecular complexity index is 1070. The molecule has 2 aromatic rings. The lowest BCUT2D eigenvalue weighted by atomic mass is 10.0. The molecule has 2 amide bonds. The van der Waals surface area contributed by atoms with Gasteiger partial charge in [-0.2, -0.15) is 13.2 Å². The van der Waals surface area contributed by atoms with Crippen molar-refractivity contribution in [1.29, 1.82) is 0 Å². The van der Waals surface area contributed by atoms with Gasteiger partial charge in [0.05, 0.1) is 16.8 Å². The first-order valence-electron chi connectivity index (χ1n) is 9.88. The molecule has 0 spiro atoms. The number of carbonyl (C=O) groups excluding carboxylic acids is 2. The van der Waals surface area contributed by atoms with Crippen LogP contribution in [0.1, 0.15) is 48.9 Å². The zero-order valence-electron chi connectivity index (χ0n) is 17.8. The molecular formula is C23H24F3N3O2. The van der Waals surface area contributed by atoms with Crippen LogP contribution in [0.2, 0.25) is 0 Å². The summed E-state index contributed by atoms with van der Waals surface area (Å²) >= 11 is 0. The molecule has 8 heteroatoms. The Balaban J connectivity index is 2.25. The van der Waals surface area contributed by atoms with Crippen LogP contribution in [0.4, 0.5) is 24.5 Å². The molecule has 1 aliphatic rings. The zero-order valence-corrected chi connectivity index (χ0v) is 17.8. The molecule has 0 aromatic heterocycles. The van der Waals surface area contributed by atoms with Gasteiger partial charge < -0.3 is 0 Å². The van der Waals surface area contributed by atoms with Crippen LogP contribution in [0.25, 0.3) is 5.57 Å². The van der Waals surface area contributed by atoms with E-state index in [4.69, 9.17) is 5.84 Å². The number of rotatable bonds is 4. The molecule has 2 aromatic carbocycles. The number of hydrazine groups is 1. The Labute approximate surface area is 178 Å². The van der Waals surface area contributed by atoms with Crippen LogP contribution in [-0.2, 0) is 15.8 Å². The van der Waals surface area contributed by atoms with Crippen molar-refractivity contribution < 1.29 is 22.8 Å². The SMILES string of the molecule is CCCC(=O)N(N)/C(C)=C1\C(=O)N(c2cc(C)cc(C)c2)c2cc(C(F)(F)F)ccc21. The number of hydrogen-bond acceptors (Lipinski definition) is 3. The van der Waals surface area contributed by atoms with Crippen LogP contribution in [-0.4, -0.2) is 16.8 Å². The normalized spacial score (nSPS) is 15.2. The van der Waals surface area contributed by atoms with E-state index in [0.717, 1.165) is 28.3 Å². The van der Waals surface area contributed by atoms with Crippen LogP contribution in [0.3, 0.4) is 0 Å². The molecule has 31 heavy (non-hydrogen) atoms. The lowest BCUT2D eigenvalue weighted by Crippen LogP contribution is -2.37. The molecule has 0 bridgehead atoms. The van der Waals surface area contributed by atoms with E-state index in [2.05, 4.69) is 0 Å². The molecule has 1 heterocycles. The number of aryl methyl sites for hydroxylation is 2. The lowest BCUT2D eigenvalue weighted by Gasteiger charge is -2.21. The van der Waals surface area contributed by atoms with E-state index in [1.165, 1.54) is 17.9 Å². The number of alkyl halides is 3. The van der Waals surface area contributed by atoms with Gasteiger partial charge in [-0.3, -0.25) is 19.5 Å². The number of halogens is 3. The third-order valence-electron chi connectivity index (χ3n) is 5.17. The standard InChI is InChI=1S/C23H24F3N3O2/c1-5-6-20(30)29(27)15(4)21-18-8-7-16(23(24,25)26)12-19(18)28(22(21)31)17-10-13(2)9-14(3)11-17/h7-12H,5-6,27H2,1-4H3/b21-15-. The number of nitrogens with two attached hydrogens (primary N) is 1. The van der Waals surface area contributed by atoms with Crippen molar-refractivity contribution in [2.24, 2.45) is 5.84 Å². The second kappa shape index (κ2) is 8.19. The van der Waals surface area contributed by atoms with Crippen molar-refractivity contribution in [1.82, 2.24) is 5.01 Å². The van der Waals surface area contributed by atoms with Crippen LogP contribution in [0.15, 0.2) is 42.1 Å². The molecule has 2 N–H and O–H groups in total. The van der Waals surface area contributed by atoms with E-state index in [1.807, 2.05) is 26.8 Å². The fourth-order valence-corrected chi connectivity index (χ4v) is 3.77. The smallest absolute Gasteiger partial charge is 0.276 e. The molecular weight excluding hydrogens is 407 g/mol. The van der Waals surface area contributed by atoms with E-state index >= 15 is 0 Å². The highest BCUT2D eigenvalue weighted by Gasteiger charge is 2.39. The molecule has 0 atom stereocenters. The van der Waals surface area contributed by atoms with E-state index in [0.29, 0.717) is 17.7 Å². The van der Waals surface area contributed by atoms with Gasteiger partial charge >= 0.3 is 6.18 Å². The molecule has 0 aliphatic carbocycles. The van der Waals surface area contributed by atoms with Gasteiger partial charge in [0.25, 0.3) is 5.91 Å².